The maximum atomic E-state index is 11.8. The van der Waals surface area contributed by atoms with E-state index in [4.69, 9.17) is 0 Å². The normalized spacial score (nSPS) is 26.3. The Bertz CT molecular complexity index is 563. The first-order valence-electron chi connectivity index (χ1n) is 7.44. The van der Waals surface area contributed by atoms with Crippen molar-refractivity contribution in [1.82, 2.24) is 10.2 Å². The Morgan fingerprint density at radius 3 is 2.67 bits per heavy atom. The second-order valence-electron chi connectivity index (χ2n) is 6.40. The van der Waals surface area contributed by atoms with Gasteiger partial charge in [-0.3, -0.25) is 4.79 Å². The summed E-state index contributed by atoms with van der Waals surface area (Å²) in [5, 5.41) is 23.2. The third-order valence-corrected chi connectivity index (χ3v) is 4.96. The van der Waals surface area contributed by atoms with E-state index in [9.17, 15) is 15.0 Å². The molecule has 0 spiro atoms. The van der Waals surface area contributed by atoms with Crippen LogP contribution in [0.15, 0.2) is 18.2 Å². The van der Waals surface area contributed by atoms with E-state index in [1.807, 2.05) is 13.0 Å². The minimum atomic E-state index is -0.954. The van der Waals surface area contributed by atoms with Gasteiger partial charge in [0.15, 0.2) is 6.23 Å². The minimum absolute atomic E-state index is 0.182. The zero-order valence-corrected chi connectivity index (χ0v) is 12.5. The zero-order valence-electron chi connectivity index (χ0n) is 12.5. The van der Waals surface area contributed by atoms with Crippen molar-refractivity contribution < 1.29 is 15.0 Å². The van der Waals surface area contributed by atoms with Crippen molar-refractivity contribution in [3.8, 4) is 0 Å². The molecular formula is C16H22N2O3. The minimum Gasteiger partial charge on any atom is -0.385 e. The van der Waals surface area contributed by atoms with E-state index >= 15 is 0 Å². The number of aliphatic hydroxyl groups is 2. The van der Waals surface area contributed by atoms with Gasteiger partial charge in [-0.15, -0.1) is 0 Å². The summed E-state index contributed by atoms with van der Waals surface area (Å²) in [4.78, 5) is 14.1. The van der Waals surface area contributed by atoms with Crippen molar-refractivity contribution in [2.24, 2.45) is 5.92 Å². The fourth-order valence-corrected chi connectivity index (χ4v) is 3.39. The molecular weight excluding hydrogens is 268 g/mol. The summed E-state index contributed by atoms with van der Waals surface area (Å²) in [5.74, 6) is -0.0975. The molecule has 5 heteroatoms. The van der Waals surface area contributed by atoms with Gasteiger partial charge in [0.25, 0.3) is 5.91 Å². The van der Waals surface area contributed by atoms with E-state index < -0.39 is 11.8 Å². The number of piperidine rings is 1. The monoisotopic (exact) mass is 290 g/mol. The molecule has 2 atom stereocenters. The third kappa shape index (κ3) is 2.46. The Balaban J connectivity index is 1.89. The van der Waals surface area contributed by atoms with Gasteiger partial charge >= 0.3 is 0 Å². The van der Waals surface area contributed by atoms with Gasteiger partial charge in [0.05, 0.1) is 5.60 Å². The molecule has 0 radical (unpaired) electrons. The molecule has 2 heterocycles. The van der Waals surface area contributed by atoms with Gasteiger partial charge in [0.2, 0.25) is 0 Å². The van der Waals surface area contributed by atoms with Crippen molar-refractivity contribution in [2.45, 2.75) is 31.6 Å². The molecule has 0 aliphatic carbocycles. The molecule has 1 aromatic rings. The number of rotatable bonds is 2. The Morgan fingerprint density at radius 1 is 1.33 bits per heavy atom. The van der Waals surface area contributed by atoms with Gasteiger partial charge in [-0.05, 0) is 57.5 Å². The van der Waals surface area contributed by atoms with Crippen LogP contribution >= 0.6 is 0 Å². The molecule has 0 bridgehead atoms. The maximum absolute atomic E-state index is 11.8. The van der Waals surface area contributed by atoms with Crippen molar-refractivity contribution in [3.05, 3.63) is 34.9 Å². The Labute approximate surface area is 124 Å². The van der Waals surface area contributed by atoms with Crippen LogP contribution in [0.5, 0.6) is 0 Å². The first-order chi connectivity index (χ1) is 9.89. The highest BCUT2D eigenvalue weighted by atomic mass is 16.3. The van der Waals surface area contributed by atoms with Gasteiger partial charge < -0.3 is 20.4 Å². The van der Waals surface area contributed by atoms with Crippen LogP contribution in [0.3, 0.4) is 0 Å². The molecule has 0 aromatic heterocycles. The lowest BCUT2D eigenvalue weighted by atomic mass is 9.77. The zero-order chi connectivity index (χ0) is 15.2. The molecule has 5 nitrogen and oxygen atoms in total. The molecule has 21 heavy (non-hydrogen) atoms. The summed E-state index contributed by atoms with van der Waals surface area (Å²) in [6.07, 6.45) is 0.944. The molecule has 2 unspecified atom stereocenters. The topological polar surface area (TPSA) is 72.8 Å². The summed E-state index contributed by atoms with van der Waals surface area (Å²) >= 11 is 0. The molecule has 2 aliphatic rings. The van der Waals surface area contributed by atoms with Crippen molar-refractivity contribution in [1.29, 1.82) is 0 Å². The van der Waals surface area contributed by atoms with Gasteiger partial charge in [0.1, 0.15) is 0 Å². The highest BCUT2D eigenvalue weighted by Gasteiger charge is 2.37. The number of fused-ring (bicyclic) bond motifs is 1. The number of likely N-dealkylation sites (tertiary alicyclic amines) is 1. The van der Waals surface area contributed by atoms with Crippen LogP contribution in [0.25, 0.3) is 0 Å². The lowest BCUT2D eigenvalue weighted by Crippen LogP contribution is -2.40. The number of carbonyl (C=O) groups excluding carboxylic acids is 1. The van der Waals surface area contributed by atoms with E-state index in [2.05, 4.69) is 17.3 Å². The fraction of sp³-hybridized carbons (Fsp3) is 0.562. The molecule has 1 fully saturated rings. The molecule has 1 amide bonds. The highest BCUT2D eigenvalue weighted by Crippen LogP contribution is 2.37. The number of nitrogens with one attached hydrogen (secondary N) is 1. The SMILES string of the molecule is CN1CCC(C(C)(O)c2ccc3c(c2)C(=O)NC3O)CC1. The van der Waals surface area contributed by atoms with Gasteiger partial charge in [0, 0.05) is 11.1 Å². The van der Waals surface area contributed by atoms with Gasteiger partial charge in [-0.25, -0.2) is 0 Å². The predicted octanol–water partition coefficient (Wildman–Crippen LogP) is 0.970. The number of nitrogens with zero attached hydrogens (tertiary/aromatic N) is 1. The van der Waals surface area contributed by atoms with Gasteiger partial charge in [-0.2, -0.15) is 0 Å². The molecule has 2 aliphatic heterocycles. The Kier molecular flexibility index (Phi) is 3.51. The van der Waals surface area contributed by atoms with Crippen LogP contribution < -0.4 is 5.32 Å². The van der Waals surface area contributed by atoms with Crippen LogP contribution in [-0.2, 0) is 5.60 Å². The summed E-state index contributed by atoms with van der Waals surface area (Å²) < 4.78 is 0. The predicted molar refractivity (Wildman–Crippen MR) is 78.7 cm³/mol. The van der Waals surface area contributed by atoms with Crippen molar-refractivity contribution >= 4 is 5.91 Å². The summed E-state index contributed by atoms with van der Waals surface area (Å²) in [5.41, 5.74) is 0.848. The van der Waals surface area contributed by atoms with Crippen molar-refractivity contribution in [2.75, 3.05) is 20.1 Å². The largest absolute Gasteiger partial charge is 0.385 e. The van der Waals surface area contributed by atoms with E-state index in [-0.39, 0.29) is 11.8 Å². The van der Waals surface area contributed by atoms with Crippen LogP contribution in [0.2, 0.25) is 0 Å². The van der Waals surface area contributed by atoms with Crippen LogP contribution in [0.4, 0.5) is 0 Å². The first kappa shape index (κ1) is 14.5. The number of amides is 1. The van der Waals surface area contributed by atoms with E-state index in [1.54, 1.807) is 12.1 Å². The molecule has 0 saturated carbocycles. The van der Waals surface area contributed by atoms with E-state index in [0.29, 0.717) is 11.1 Å². The summed E-state index contributed by atoms with van der Waals surface area (Å²) in [7, 11) is 2.09. The lowest BCUT2D eigenvalue weighted by Gasteiger charge is -2.39. The maximum Gasteiger partial charge on any atom is 0.253 e. The first-order valence-corrected chi connectivity index (χ1v) is 7.44. The number of aliphatic hydroxyl groups excluding tert-OH is 1. The highest BCUT2D eigenvalue weighted by molar-refractivity contribution is 5.99. The number of benzene rings is 1. The average molecular weight is 290 g/mol. The smallest absolute Gasteiger partial charge is 0.253 e. The number of hydrogen-bond donors (Lipinski definition) is 3. The molecule has 1 aromatic carbocycles. The van der Waals surface area contributed by atoms with Crippen LogP contribution in [-0.4, -0.2) is 41.2 Å². The lowest BCUT2D eigenvalue weighted by molar-refractivity contribution is -0.0302. The molecule has 3 rings (SSSR count). The van der Waals surface area contributed by atoms with Gasteiger partial charge in [-0.1, -0.05) is 12.1 Å². The second kappa shape index (κ2) is 5.09. The molecule has 3 N–H and O–H groups in total. The van der Waals surface area contributed by atoms with Crippen LogP contribution in [0.1, 0.15) is 47.5 Å². The van der Waals surface area contributed by atoms with Crippen molar-refractivity contribution in [3.63, 3.8) is 0 Å². The second-order valence-corrected chi connectivity index (χ2v) is 6.40. The van der Waals surface area contributed by atoms with E-state index in [1.165, 1.54) is 0 Å². The quantitative estimate of drug-likeness (QED) is 0.759. The standard InChI is InChI=1S/C16H22N2O3/c1-16(21,10-5-7-18(2)8-6-10)11-3-4-12-13(9-11)15(20)17-14(12)19/h3-4,9-10,14,19,21H,5-8H2,1-2H3,(H,17,20). The Morgan fingerprint density at radius 2 is 2.00 bits per heavy atom. The fourth-order valence-electron chi connectivity index (χ4n) is 3.39. The Hall–Kier alpha value is -1.43. The average Bonchev–Trinajstić information content (AvgIpc) is 2.74. The molecule has 114 valence electrons. The summed E-state index contributed by atoms with van der Waals surface area (Å²) in [6.45, 7) is 3.78. The summed E-state index contributed by atoms with van der Waals surface area (Å²) in [6, 6.07) is 5.27. The van der Waals surface area contributed by atoms with Crippen LogP contribution in [0, 0.1) is 5.92 Å². The molecule has 1 saturated heterocycles. The number of hydrogen-bond acceptors (Lipinski definition) is 4. The van der Waals surface area contributed by atoms with E-state index in [0.717, 1.165) is 31.5 Å². The third-order valence-electron chi connectivity index (χ3n) is 4.96. The number of carbonyl (C=O) groups is 1.